The third kappa shape index (κ3) is 3.80. The Labute approximate surface area is 169 Å². The minimum atomic E-state index is -0.641. The van der Waals surface area contributed by atoms with Gasteiger partial charge in [-0.2, -0.15) is 0 Å². The average Bonchev–Trinajstić information content (AvgIpc) is 3.31. The van der Waals surface area contributed by atoms with E-state index in [1.807, 2.05) is 0 Å². The molecule has 1 aromatic carbocycles. The zero-order valence-corrected chi connectivity index (χ0v) is 17.7. The number of rotatable bonds is 4. The van der Waals surface area contributed by atoms with Gasteiger partial charge < -0.3 is 10.4 Å². The van der Waals surface area contributed by atoms with Crippen molar-refractivity contribution in [3.63, 3.8) is 0 Å². The first-order valence-electron chi connectivity index (χ1n) is 11.2. The number of aliphatic carboxylic acids is 1. The Kier molecular flexibility index (Phi) is 5.43. The van der Waals surface area contributed by atoms with E-state index in [1.54, 1.807) is 0 Å². The van der Waals surface area contributed by atoms with Gasteiger partial charge in [0.2, 0.25) is 0 Å². The third-order valence-corrected chi connectivity index (χ3v) is 7.28. The van der Waals surface area contributed by atoms with Crippen LogP contribution in [0.5, 0.6) is 0 Å². The first-order chi connectivity index (χ1) is 13.3. The van der Waals surface area contributed by atoms with Gasteiger partial charge in [0.15, 0.2) is 0 Å². The maximum atomic E-state index is 12.3. The number of piperidine rings is 1. The Hall–Kier alpha value is -1.55. The lowest BCUT2D eigenvalue weighted by Gasteiger charge is -2.53. The summed E-state index contributed by atoms with van der Waals surface area (Å²) in [7, 11) is 0. The number of anilines is 1. The number of nitrogens with zero attached hydrogens (tertiary/aromatic N) is 1. The van der Waals surface area contributed by atoms with Gasteiger partial charge in [-0.3, -0.25) is 9.69 Å². The summed E-state index contributed by atoms with van der Waals surface area (Å²) < 4.78 is 0. The quantitative estimate of drug-likeness (QED) is 0.724. The highest BCUT2D eigenvalue weighted by Crippen LogP contribution is 2.50. The lowest BCUT2D eigenvalue weighted by molar-refractivity contribution is -0.152. The molecule has 2 saturated carbocycles. The molecular formula is C24H36N2O2. The molecule has 2 N–H and O–H groups in total. The molecule has 154 valence electrons. The number of carboxylic acid groups (broad SMARTS) is 1. The Morgan fingerprint density at radius 2 is 1.71 bits per heavy atom. The molecule has 0 radical (unpaired) electrons. The summed E-state index contributed by atoms with van der Waals surface area (Å²) in [6.07, 6.45) is 9.58. The maximum absolute atomic E-state index is 12.3. The summed E-state index contributed by atoms with van der Waals surface area (Å²) in [5.74, 6) is -0.440. The molecule has 2 aliphatic carbocycles. The largest absolute Gasteiger partial charge is 0.481 e. The van der Waals surface area contributed by atoms with Crippen LogP contribution in [-0.4, -0.2) is 33.6 Å². The van der Waals surface area contributed by atoms with Gasteiger partial charge in [-0.1, -0.05) is 31.4 Å². The van der Waals surface area contributed by atoms with Gasteiger partial charge >= 0.3 is 5.97 Å². The van der Waals surface area contributed by atoms with Gasteiger partial charge in [0.1, 0.15) is 0 Å². The number of carbonyl (C=O) groups is 1. The highest BCUT2D eigenvalue weighted by Gasteiger charge is 2.51. The minimum absolute atomic E-state index is 0.0441. The fourth-order valence-electron chi connectivity index (χ4n) is 6.14. The zero-order chi connectivity index (χ0) is 19.9. The molecule has 1 heterocycles. The molecule has 4 heteroatoms. The third-order valence-electron chi connectivity index (χ3n) is 7.28. The summed E-state index contributed by atoms with van der Waals surface area (Å²) in [5, 5.41) is 13.7. The Morgan fingerprint density at radius 1 is 1.04 bits per heavy atom. The predicted molar refractivity (Wildman–Crippen MR) is 114 cm³/mol. The predicted octanol–water partition coefficient (Wildman–Crippen LogP) is 5.46. The fraction of sp³-hybridized carbons (Fsp3) is 0.708. The van der Waals surface area contributed by atoms with Crippen LogP contribution in [0.25, 0.3) is 0 Å². The van der Waals surface area contributed by atoms with Crippen molar-refractivity contribution in [2.75, 3.05) is 5.32 Å². The van der Waals surface area contributed by atoms with Crippen LogP contribution in [0.2, 0.25) is 0 Å². The van der Waals surface area contributed by atoms with Gasteiger partial charge in [0.05, 0.1) is 5.92 Å². The summed E-state index contributed by atoms with van der Waals surface area (Å²) in [6, 6.07) is 9.73. The molecule has 0 spiro atoms. The minimum Gasteiger partial charge on any atom is -0.481 e. The van der Waals surface area contributed by atoms with Crippen LogP contribution in [0.3, 0.4) is 0 Å². The van der Waals surface area contributed by atoms with Gasteiger partial charge in [-0.05, 0) is 76.5 Å². The molecule has 0 amide bonds. The molecule has 1 aliphatic heterocycles. The molecule has 1 aromatic rings. The summed E-state index contributed by atoms with van der Waals surface area (Å²) in [5.41, 5.74) is 2.27. The Bertz CT molecular complexity index is 688. The molecule has 4 unspecified atom stereocenters. The Balaban J connectivity index is 1.63. The number of likely N-dealkylation sites (tertiary alicyclic amines) is 1. The average molecular weight is 385 g/mol. The first-order valence-corrected chi connectivity index (χ1v) is 11.2. The number of benzene rings is 1. The summed E-state index contributed by atoms with van der Waals surface area (Å²) in [6.45, 7) is 6.74. The number of hydrogen-bond acceptors (Lipinski definition) is 3. The van der Waals surface area contributed by atoms with E-state index in [0.29, 0.717) is 18.0 Å². The van der Waals surface area contributed by atoms with Crippen LogP contribution in [0.15, 0.2) is 24.3 Å². The number of carboxylic acids is 1. The molecule has 0 aromatic heterocycles. The van der Waals surface area contributed by atoms with E-state index >= 15 is 0 Å². The molecule has 28 heavy (non-hydrogen) atoms. The maximum Gasteiger partial charge on any atom is 0.308 e. The monoisotopic (exact) mass is 384 g/mol. The van der Waals surface area contributed by atoms with Crippen molar-refractivity contribution in [3.8, 4) is 0 Å². The Morgan fingerprint density at radius 3 is 2.32 bits per heavy atom. The number of hydrogen-bond donors (Lipinski definition) is 2. The molecule has 1 saturated heterocycles. The first kappa shape index (κ1) is 19.8. The standard InChI is InChI=1S/C24H36N2O2/c1-24(2,3)26-21-10-6-7-17(21)15-20(23(27)28)22(26)16-11-13-19(14-12-16)25-18-8-4-5-9-18/h11-14,17-18,20-22,25H,4-10,15H2,1-3H3,(H,27,28). The van der Waals surface area contributed by atoms with Crippen molar-refractivity contribution in [2.45, 2.75) is 95.8 Å². The van der Waals surface area contributed by atoms with Crippen LogP contribution in [0.4, 0.5) is 5.69 Å². The second kappa shape index (κ2) is 7.70. The lowest BCUT2D eigenvalue weighted by atomic mass is 9.74. The van der Waals surface area contributed by atoms with E-state index < -0.39 is 5.97 Å². The molecule has 0 bridgehead atoms. The highest BCUT2D eigenvalue weighted by atomic mass is 16.4. The van der Waals surface area contributed by atoms with Crippen molar-refractivity contribution in [1.82, 2.24) is 4.90 Å². The molecule has 4 rings (SSSR count). The van der Waals surface area contributed by atoms with Crippen LogP contribution in [-0.2, 0) is 4.79 Å². The molecule has 4 atom stereocenters. The van der Waals surface area contributed by atoms with Crippen molar-refractivity contribution in [2.24, 2.45) is 11.8 Å². The van der Waals surface area contributed by atoms with Crippen molar-refractivity contribution < 1.29 is 9.90 Å². The van der Waals surface area contributed by atoms with E-state index in [0.717, 1.165) is 12.0 Å². The molecule has 4 nitrogen and oxygen atoms in total. The van der Waals surface area contributed by atoms with E-state index in [4.69, 9.17) is 0 Å². The summed E-state index contributed by atoms with van der Waals surface area (Å²) >= 11 is 0. The normalized spacial score (nSPS) is 31.7. The van der Waals surface area contributed by atoms with Crippen molar-refractivity contribution in [3.05, 3.63) is 29.8 Å². The zero-order valence-electron chi connectivity index (χ0n) is 17.7. The SMILES string of the molecule is CC(C)(C)N1C2CCCC2CC(C(=O)O)C1c1ccc(NC2CCCC2)cc1. The second-order valence-electron chi connectivity index (χ2n) is 10.2. The van der Waals surface area contributed by atoms with Crippen molar-refractivity contribution in [1.29, 1.82) is 0 Å². The highest BCUT2D eigenvalue weighted by molar-refractivity contribution is 5.71. The van der Waals surface area contributed by atoms with E-state index in [-0.39, 0.29) is 17.5 Å². The van der Waals surface area contributed by atoms with E-state index in [9.17, 15) is 9.90 Å². The van der Waals surface area contributed by atoms with Crippen LogP contribution < -0.4 is 5.32 Å². The van der Waals surface area contributed by atoms with Gasteiger partial charge in [0.25, 0.3) is 0 Å². The van der Waals surface area contributed by atoms with Gasteiger partial charge in [0, 0.05) is 29.4 Å². The molecule has 3 fully saturated rings. The van der Waals surface area contributed by atoms with Gasteiger partial charge in [-0.15, -0.1) is 0 Å². The fourth-order valence-corrected chi connectivity index (χ4v) is 6.14. The molecular weight excluding hydrogens is 348 g/mol. The number of nitrogens with one attached hydrogen (secondary N) is 1. The van der Waals surface area contributed by atoms with E-state index in [1.165, 1.54) is 50.6 Å². The van der Waals surface area contributed by atoms with E-state index in [2.05, 4.69) is 55.3 Å². The summed E-state index contributed by atoms with van der Waals surface area (Å²) in [4.78, 5) is 14.8. The van der Waals surface area contributed by atoms with Crippen LogP contribution in [0, 0.1) is 11.8 Å². The second-order valence-corrected chi connectivity index (χ2v) is 10.2. The topological polar surface area (TPSA) is 52.6 Å². The van der Waals surface area contributed by atoms with Gasteiger partial charge in [-0.25, -0.2) is 0 Å². The molecule has 3 aliphatic rings. The lowest BCUT2D eigenvalue weighted by Crippen LogP contribution is -2.57. The smallest absolute Gasteiger partial charge is 0.308 e. The van der Waals surface area contributed by atoms with Crippen LogP contribution >= 0.6 is 0 Å². The van der Waals surface area contributed by atoms with Crippen molar-refractivity contribution >= 4 is 11.7 Å². The van der Waals surface area contributed by atoms with Crippen LogP contribution in [0.1, 0.15) is 83.7 Å². The number of fused-ring (bicyclic) bond motifs is 1.